The molecule has 2 heteroatoms. The van der Waals surface area contributed by atoms with Gasteiger partial charge in [0.25, 0.3) is 0 Å². The predicted molar refractivity (Wildman–Crippen MR) is 51.0 cm³/mol. The van der Waals surface area contributed by atoms with Gasteiger partial charge in [0.05, 0.1) is 5.60 Å². The zero-order chi connectivity index (χ0) is 9.41. The lowest BCUT2D eigenvalue weighted by Gasteiger charge is -2.47. The van der Waals surface area contributed by atoms with Gasteiger partial charge in [0.15, 0.2) is 0 Å². The fourth-order valence-corrected chi connectivity index (χ4v) is 1.97. The molecule has 0 bridgehead atoms. The summed E-state index contributed by atoms with van der Waals surface area (Å²) < 4.78 is 0. The van der Waals surface area contributed by atoms with Gasteiger partial charge < -0.3 is 10.0 Å². The Morgan fingerprint density at radius 1 is 1.50 bits per heavy atom. The Hall–Kier alpha value is -0.340. The summed E-state index contributed by atoms with van der Waals surface area (Å²) in [5.74, 6) is 0. The summed E-state index contributed by atoms with van der Waals surface area (Å²) in [7, 11) is 2.09. The average Bonchev–Trinajstić information content (AvgIpc) is 1.97. The van der Waals surface area contributed by atoms with E-state index in [1.165, 1.54) is 0 Å². The SMILES string of the molecule is C=CC1(O)CCN(C)CC1(C)C. The van der Waals surface area contributed by atoms with Crippen LogP contribution < -0.4 is 0 Å². The van der Waals surface area contributed by atoms with Gasteiger partial charge in [-0.05, 0) is 13.5 Å². The van der Waals surface area contributed by atoms with E-state index >= 15 is 0 Å². The molecule has 0 aromatic heterocycles. The quantitative estimate of drug-likeness (QED) is 0.597. The summed E-state index contributed by atoms with van der Waals surface area (Å²) in [4.78, 5) is 2.25. The number of hydrogen-bond donors (Lipinski definition) is 1. The molecule has 0 aromatic carbocycles. The molecule has 1 aliphatic heterocycles. The van der Waals surface area contributed by atoms with Crippen LogP contribution in [0.5, 0.6) is 0 Å². The molecule has 0 aromatic rings. The Labute approximate surface area is 74.9 Å². The van der Waals surface area contributed by atoms with Crippen LogP contribution in [-0.2, 0) is 0 Å². The van der Waals surface area contributed by atoms with Crippen molar-refractivity contribution in [1.29, 1.82) is 0 Å². The van der Waals surface area contributed by atoms with E-state index in [4.69, 9.17) is 0 Å². The highest BCUT2D eigenvalue weighted by Crippen LogP contribution is 2.38. The molecule has 1 fully saturated rings. The first-order valence-electron chi connectivity index (χ1n) is 4.46. The maximum atomic E-state index is 10.2. The van der Waals surface area contributed by atoms with E-state index in [0.29, 0.717) is 0 Å². The summed E-state index contributed by atoms with van der Waals surface area (Å²) in [6.07, 6.45) is 2.49. The van der Waals surface area contributed by atoms with Gasteiger partial charge in [-0.3, -0.25) is 0 Å². The molecular formula is C10H19NO. The maximum absolute atomic E-state index is 10.2. The van der Waals surface area contributed by atoms with Gasteiger partial charge in [-0.1, -0.05) is 19.9 Å². The van der Waals surface area contributed by atoms with Crippen molar-refractivity contribution in [3.63, 3.8) is 0 Å². The average molecular weight is 169 g/mol. The largest absolute Gasteiger partial charge is 0.385 e. The molecule has 0 radical (unpaired) electrons. The molecular weight excluding hydrogens is 150 g/mol. The Morgan fingerprint density at radius 3 is 2.50 bits per heavy atom. The van der Waals surface area contributed by atoms with Gasteiger partial charge in [0.1, 0.15) is 0 Å². The molecule has 1 saturated heterocycles. The third-order valence-corrected chi connectivity index (χ3v) is 3.05. The van der Waals surface area contributed by atoms with Crippen molar-refractivity contribution in [2.24, 2.45) is 5.41 Å². The highest BCUT2D eigenvalue weighted by molar-refractivity contribution is 5.08. The van der Waals surface area contributed by atoms with Crippen LogP contribution in [0.25, 0.3) is 0 Å². The summed E-state index contributed by atoms with van der Waals surface area (Å²) in [5, 5.41) is 10.2. The van der Waals surface area contributed by atoms with Crippen molar-refractivity contribution in [2.45, 2.75) is 25.9 Å². The Balaban J connectivity index is 2.84. The zero-order valence-electron chi connectivity index (χ0n) is 8.30. The normalized spacial score (nSPS) is 36.3. The van der Waals surface area contributed by atoms with Gasteiger partial charge >= 0.3 is 0 Å². The van der Waals surface area contributed by atoms with Crippen LogP contribution in [0.4, 0.5) is 0 Å². The number of hydrogen-bond acceptors (Lipinski definition) is 2. The predicted octanol–water partition coefficient (Wildman–Crippen LogP) is 1.27. The van der Waals surface area contributed by atoms with E-state index in [2.05, 4.69) is 32.4 Å². The molecule has 1 N–H and O–H groups in total. The number of likely N-dealkylation sites (tertiary alicyclic amines) is 1. The second-order valence-corrected chi connectivity index (χ2v) is 4.50. The number of nitrogens with zero attached hydrogens (tertiary/aromatic N) is 1. The van der Waals surface area contributed by atoms with Crippen LogP contribution >= 0.6 is 0 Å². The van der Waals surface area contributed by atoms with Gasteiger partial charge in [-0.25, -0.2) is 0 Å². The van der Waals surface area contributed by atoms with Gasteiger partial charge in [0, 0.05) is 18.5 Å². The molecule has 2 nitrogen and oxygen atoms in total. The molecule has 1 unspecified atom stereocenters. The fraction of sp³-hybridized carbons (Fsp3) is 0.800. The van der Waals surface area contributed by atoms with Crippen LogP contribution in [0.1, 0.15) is 20.3 Å². The topological polar surface area (TPSA) is 23.5 Å². The van der Waals surface area contributed by atoms with Gasteiger partial charge in [0.2, 0.25) is 0 Å². The van der Waals surface area contributed by atoms with E-state index in [9.17, 15) is 5.11 Å². The number of aliphatic hydroxyl groups is 1. The Morgan fingerprint density at radius 2 is 2.08 bits per heavy atom. The van der Waals surface area contributed by atoms with Crippen LogP contribution in [-0.4, -0.2) is 35.7 Å². The lowest BCUT2D eigenvalue weighted by molar-refractivity contribution is -0.0774. The summed E-state index contributed by atoms with van der Waals surface area (Å²) in [6.45, 7) is 9.76. The molecule has 1 rings (SSSR count). The highest BCUT2D eigenvalue weighted by atomic mass is 16.3. The lowest BCUT2D eigenvalue weighted by Crippen LogP contribution is -2.55. The first-order chi connectivity index (χ1) is 5.41. The lowest BCUT2D eigenvalue weighted by atomic mass is 9.70. The standard InChI is InChI=1S/C10H19NO/c1-5-10(12)6-7-11(4)8-9(10,2)3/h5,12H,1,6-8H2,2-4H3. The first kappa shape index (κ1) is 9.75. The van der Waals surface area contributed by atoms with Crippen molar-refractivity contribution in [3.8, 4) is 0 Å². The minimum absolute atomic E-state index is 0.0816. The molecule has 0 spiro atoms. The molecule has 70 valence electrons. The summed E-state index contributed by atoms with van der Waals surface area (Å²) in [5.41, 5.74) is -0.763. The van der Waals surface area contributed by atoms with Crippen LogP contribution in [0.2, 0.25) is 0 Å². The highest BCUT2D eigenvalue weighted by Gasteiger charge is 2.44. The van der Waals surface area contributed by atoms with Crippen LogP contribution in [0.15, 0.2) is 12.7 Å². The van der Waals surface area contributed by atoms with Crippen molar-refractivity contribution in [3.05, 3.63) is 12.7 Å². The van der Waals surface area contributed by atoms with E-state index in [0.717, 1.165) is 19.5 Å². The van der Waals surface area contributed by atoms with E-state index in [-0.39, 0.29) is 5.41 Å². The van der Waals surface area contributed by atoms with E-state index in [1.807, 2.05) is 0 Å². The van der Waals surface area contributed by atoms with E-state index in [1.54, 1.807) is 6.08 Å². The molecule has 1 aliphatic rings. The Bertz CT molecular complexity index is 188. The van der Waals surface area contributed by atoms with Crippen molar-refractivity contribution in [1.82, 2.24) is 4.90 Å². The second kappa shape index (κ2) is 2.86. The third-order valence-electron chi connectivity index (χ3n) is 3.05. The molecule has 1 atom stereocenters. The van der Waals surface area contributed by atoms with Crippen molar-refractivity contribution >= 4 is 0 Å². The zero-order valence-corrected chi connectivity index (χ0v) is 8.30. The molecule has 0 amide bonds. The minimum Gasteiger partial charge on any atom is -0.385 e. The second-order valence-electron chi connectivity index (χ2n) is 4.50. The van der Waals surface area contributed by atoms with Gasteiger partial charge in [-0.2, -0.15) is 0 Å². The van der Waals surface area contributed by atoms with Gasteiger partial charge in [-0.15, -0.1) is 6.58 Å². The molecule has 1 heterocycles. The maximum Gasteiger partial charge on any atom is 0.0900 e. The molecule has 12 heavy (non-hydrogen) atoms. The van der Waals surface area contributed by atoms with Crippen molar-refractivity contribution in [2.75, 3.05) is 20.1 Å². The monoisotopic (exact) mass is 169 g/mol. The first-order valence-corrected chi connectivity index (χ1v) is 4.46. The summed E-state index contributed by atoms with van der Waals surface area (Å²) >= 11 is 0. The summed E-state index contributed by atoms with van der Waals surface area (Å²) in [6, 6.07) is 0. The smallest absolute Gasteiger partial charge is 0.0900 e. The molecule has 0 saturated carbocycles. The van der Waals surface area contributed by atoms with Crippen LogP contribution in [0.3, 0.4) is 0 Å². The van der Waals surface area contributed by atoms with E-state index < -0.39 is 5.60 Å². The van der Waals surface area contributed by atoms with Crippen molar-refractivity contribution < 1.29 is 5.11 Å². The molecule has 0 aliphatic carbocycles. The minimum atomic E-state index is -0.681. The fourth-order valence-electron chi connectivity index (χ4n) is 1.97. The Kier molecular flexibility index (Phi) is 2.32. The third kappa shape index (κ3) is 1.41. The van der Waals surface area contributed by atoms with Crippen LogP contribution in [0, 0.1) is 5.41 Å². The number of rotatable bonds is 1. The number of piperidine rings is 1.